The first-order chi connectivity index (χ1) is 10.1. The lowest BCUT2D eigenvalue weighted by atomic mass is 10.1. The number of hydrogen-bond acceptors (Lipinski definition) is 3. The molecule has 0 radical (unpaired) electrons. The molecule has 0 unspecified atom stereocenters. The number of carbonyl (C=O) groups is 2. The smallest absolute Gasteiger partial charge is 0.239 e. The first-order valence-electron chi connectivity index (χ1n) is 6.80. The first kappa shape index (κ1) is 14.8. The number of anilines is 1. The van der Waals surface area contributed by atoms with Crippen molar-refractivity contribution < 1.29 is 9.59 Å². The molecule has 0 spiro atoms. The standard InChI is InChI=1S/C17H18N2O2/c1-13(20)15-7-9-16(10-8-15)18-12-17(21)19-11-14-5-3-2-4-6-14/h2-10,18H,11-12H2,1H3,(H,19,21). The van der Waals surface area contributed by atoms with Crippen LogP contribution in [-0.4, -0.2) is 18.2 Å². The fraction of sp³-hybridized carbons (Fsp3) is 0.176. The minimum absolute atomic E-state index is 0.0298. The first-order valence-corrected chi connectivity index (χ1v) is 6.80. The number of rotatable bonds is 6. The molecule has 0 aliphatic carbocycles. The summed E-state index contributed by atoms with van der Waals surface area (Å²) in [5.74, 6) is -0.0448. The van der Waals surface area contributed by atoms with Gasteiger partial charge in [0.05, 0.1) is 6.54 Å². The van der Waals surface area contributed by atoms with Gasteiger partial charge in [-0.1, -0.05) is 30.3 Å². The Morgan fingerprint density at radius 3 is 2.24 bits per heavy atom. The molecule has 0 heterocycles. The maximum Gasteiger partial charge on any atom is 0.239 e. The lowest BCUT2D eigenvalue weighted by molar-refractivity contribution is -0.119. The Kier molecular flexibility index (Phi) is 5.10. The number of Topliss-reactive ketones (excluding diaryl/α,β-unsaturated/α-hetero) is 1. The van der Waals surface area contributed by atoms with Gasteiger partial charge in [0.25, 0.3) is 0 Å². The second-order valence-electron chi connectivity index (χ2n) is 4.75. The molecule has 0 saturated heterocycles. The molecule has 4 nitrogen and oxygen atoms in total. The van der Waals surface area contributed by atoms with Crippen molar-refractivity contribution in [2.75, 3.05) is 11.9 Å². The third-order valence-corrected chi connectivity index (χ3v) is 3.08. The molecule has 0 aliphatic rings. The van der Waals surface area contributed by atoms with Crippen LogP contribution in [-0.2, 0) is 11.3 Å². The van der Waals surface area contributed by atoms with Crippen molar-refractivity contribution in [1.29, 1.82) is 0 Å². The molecule has 4 heteroatoms. The Morgan fingerprint density at radius 1 is 0.952 bits per heavy atom. The van der Waals surface area contributed by atoms with E-state index >= 15 is 0 Å². The highest BCUT2D eigenvalue weighted by atomic mass is 16.1. The molecule has 2 rings (SSSR count). The molecule has 108 valence electrons. The molecule has 2 N–H and O–H groups in total. The normalized spacial score (nSPS) is 9.95. The Hall–Kier alpha value is -2.62. The molecule has 0 saturated carbocycles. The molecule has 21 heavy (non-hydrogen) atoms. The lowest BCUT2D eigenvalue weighted by Crippen LogP contribution is -2.29. The highest BCUT2D eigenvalue weighted by Crippen LogP contribution is 2.09. The molecular formula is C17H18N2O2. The number of ketones is 1. The van der Waals surface area contributed by atoms with Crippen LogP contribution in [0.1, 0.15) is 22.8 Å². The SMILES string of the molecule is CC(=O)c1ccc(NCC(=O)NCc2ccccc2)cc1. The van der Waals surface area contributed by atoms with E-state index in [9.17, 15) is 9.59 Å². The number of amides is 1. The Balaban J connectivity index is 1.77. The summed E-state index contributed by atoms with van der Waals surface area (Å²) in [6, 6.07) is 16.8. The van der Waals surface area contributed by atoms with Gasteiger partial charge < -0.3 is 10.6 Å². The summed E-state index contributed by atoms with van der Waals surface area (Å²) >= 11 is 0. The quantitative estimate of drug-likeness (QED) is 0.801. The maximum atomic E-state index is 11.7. The van der Waals surface area contributed by atoms with Gasteiger partial charge in [0.2, 0.25) is 5.91 Å². The van der Waals surface area contributed by atoms with Crippen LogP contribution in [0.3, 0.4) is 0 Å². The predicted molar refractivity (Wildman–Crippen MR) is 83.2 cm³/mol. The fourth-order valence-electron chi connectivity index (χ4n) is 1.86. The molecular weight excluding hydrogens is 264 g/mol. The largest absolute Gasteiger partial charge is 0.376 e. The summed E-state index contributed by atoms with van der Waals surface area (Å²) in [5.41, 5.74) is 2.54. The van der Waals surface area contributed by atoms with Gasteiger partial charge in [-0.2, -0.15) is 0 Å². The zero-order valence-corrected chi connectivity index (χ0v) is 11.9. The molecule has 2 aromatic rings. The fourth-order valence-corrected chi connectivity index (χ4v) is 1.86. The van der Waals surface area contributed by atoms with E-state index in [0.717, 1.165) is 11.3 Å². The van der Waals surface area contributed by atoms with Crippen molar-refractivity contribution in [3.63, 3.8) is 0 Å². The summed E-state index contributed by atoms with van der Waals surface area (Å²) in [4.78, 5) is 22.9. The third kappa shape index (κ3) is 4.76. The monoisotopic (exact) mass is 282 g/mol. The van der Waals surface area contributed by atoms with Gasteiger partial charge in [-0.25, -0.2) is 0 Å². The van der Waals surface area contributed by atoms with Crippen molar-refractivity contribution in [2.45, 2.75) is 13.5 Å². The van der Waals surface area contributed by atoms with Crippen LogP contribution < -0.4 is 10.6 Å². The minimum Gasteiger partial charge on any atom is -0.376 e. The maximum absolute atomic E-state index is 11.7. The molecule has 0 aromatic heterocycles. The number of carbonyl (C=O) groups excluding carboxylic acids is 2. The summed E-state index contributed by atoms with van der Waals surface area (Å²) in [5, 5.41) is 5.87. The Morgan fingerprint density at radius 2 is 1.62 bits per heavy atom. The van der Waals surface area contributed by atoms with Crippen molar-refractivity contribution in [3.05, 3.63) is 65.7 Å². The van der Waals surface area contributed by atoms with Crippen molar-refractivity contribution in [1.82, 2.24) is 5.32 Å². The van der Waals surface area contributed by atoms with Gasteiger partial charge in [-0.05, 0) is 36.8 Å². The van der Waals surface area contributed by atoms with Gasteiger partial charge in [0, 0.05) is 17.8 Å². The second kappa shape index (κ2) is 7.24. The van der Waals surface area contributed by atoms with E-state index in [-0.39, 0.29) is 18.2 Å². The Labute approximate surface area is 124 Å². The topological polar surface area (TPSA) is 58.2 Å². The summed E-state index contributed by atoms with van der Waals surface area (Å²) in [7, 11) is 0. The van der Waals surface area contributed by atoms with Crippen molar-refractivity contribution in [3.8, 4) is 0 Å². The van der Waals surface area contributed by atoms with E-state index < -0.39 is 0 Å². The van der Waals surface area contributed by atoms with E-state index in [1.165, 1.54) is 6.92 Å². The molecule has 0 bridgehead atoms. The van der Waals surface area contributed by atoms with Crippen LogP contribution in [0.15, 0.2) is 54.6 Å². The zero-order chi connectivity index (χ0) is 15.1. The summed E-state index contributed by atoms with van der Waals surface area (Å²) in [6.07, 6.45) is 0. The van der Waals surface area contributed by atoms with Crippen LogP contribution in [0.4, 0.5) is 5.69 Å². The lowest BCUT2D eigenvalue weighted by Gasteiger charge is -2.08. The number of nitrogens with one attached hydrogen (secondary N) is 2. The van der Waals surface area contributed by atoms with Crippen LogP contribution in [0.5, 0.6) is 0 Å². The molecule has 0 fully saturated rings. The van der Waals surface area contributed by atoms with E-state index in [4.69, 9.17) is 0 Å². The average molecular weight is 282 g/mol. The summed E-state index contributed by atoms with van der Waals surface area (Å²) in [6.45, 7) is 2.25. The van der Waals surface area contributed by atoms with Crippen molar-refractivity contribution >= 4 is 17.4 Å². The summed E-state index contributed by atoms with van der Waals surface area (Å²) < 4.78 is 0. The van der Waals surface area contributed by atoms with Gasteiger partial charge in [-0.15, -0.1) is 0 Å². The van der Waals surface area contributed by atoms with Gasteiger partial charge in [-0.3, -0.25) is 9.59 Å². The van der Waals surface area contributed by atoms with Gasteiger partial charge >= 0.3 is 0 Å². The molecule has 2 aromatic carbocycles. The highest BCUT2D eigenvalue weighted by molar-refractivity contribution is 5.94. The number of benzene rings is 2. The van der Waals surface area contributed by atoms with E-state index in [1.54, 1.807) is 24.3 Å². The number of hydrogen-bond donors (Lipinski definition) is 2. The van der Waals surface area contributed by atoms with Crippen LogP contribution in [0, 0.1) is 0 Å². The van der Waals surface area contributed by atoms with E-state index in [2.05, 4.69) is 10.6 Å². The van der Waals surface area contributed by atoms with E-state index in [1.807, 2.05) is 30.3 Å². The molecule has 0 aliphatic heterocycles. The third-order valence-electron chi connectivity index (χ3n) is 3.08. The van der Waals surface area contributed by atoms with Crippen LogP contribution in [0.25, 0.3) is 0 Å². The minimum atomic E-state index is -0.0745. The van der Waals surface area contributed by atoms with Gasteiger partial charge in [0.15, 0.2) is 5.78 Å². The predicted octanol–water partition coefficient (Wildman–Crippen LogP) is 2.62. The van der Waals surface area contributed by atoms with Crippen LogP contribution >= 0.6 is 0 Å². The molecule has 1 amide bonds. The zero-order valence-electron chi connectivity index (χ0n) is 11.9. The van der Waals surface area contributed by atoms with E-state index in [0.29, 0.717) is 12.1 Å². The highest BCUT2D eigenvalue weighted by Gasteiger charge is 2.02. The molecule has 0 atom stereocenters. The van der Waals surface area contributed by atoms with Crippen molar-refractivity contribution in [2.24, 2.45) is 0 Å². The second-order valence-corrected chi connectivity index (χ2v) is 4.75. The Bertz CT molecular complexity index is 606. The van der Waals surface area contributed by atoms with Gasteiger partial charge in [0.1, 0.15) is 0 Å². The average Bonchev–Trinajstić information content (AvgIpc) is 2.52. The van der Waals surface area contributed by atoms with Crippen LogP contribution in [0.2, 0.25) is 0 Å².